The Bertz CT molecular complexity index is 699. The van der Waals surface area contributed by atoms with Crippen LogP contribution in [0, 0.1) is 6.92 Å². The standard InChI is InChI=1S/C26H36O/c1-4-6-7-8-9-10-11-12-19-27-25-16-13-15-24(21-25)26-20-22(3)17-18-23(26)14-5-2/h5,13-18,20-21H,4,6-12,19H2,1-3H3/b14-5+. The number of allylic oxidation sites excluding steroid dienone is 1. The lowest BCUT2D eigenvalue weighted by Gasteiger charge is -2.11. The van der Waals surface area contributed by atoms with Crippen molar-refractivity contribution >= 4 is 6.08 Å². The topological polar surface area (TPSA) is 9.23 Å². The number of hydrogen-bond acceptors (Lipinski definition) is 1. The van der Waals surface area contributed by atoms with Crippen molar-refractivity contribution in [2.45, 2.75) is 72.1 Å². The molecule has 0 spiro atoms. The van der Waals surface area contributed by atoms with Gasteiger partial charge in [0.1, 0.15) is 5.75 Å². The van der Waals surface area contributed by atoms with Gasteiger partial charge in [0.05, 0.1) is 6.61 Å². The van der Waals surface area contributed by atoms with E-state index in [0.29, 0.717) is 0 Å². The van der Waals surface area contributed by atoms with Gasteiger partial charge < -0.3 is 4.74 Å². The summed E-state index contributed by atoms with van der Waals surface area (Å²) < 4.78 is 6.03. The second kappa shape index (κ2) is 12.4. The summed E-state index contributed by atoms with van der Waals surface area (Å²) in [6, 6.07) is 15.1. The Morgan fingerprint density at radius 3 is 2.33 bits per heavy atom. The van der Waals surface area contributed by atoms with Crippen LogP contribution in [0.3, 0.4) is 0 Å². The lowest BCUT2D eigenvalue weighted by atomic mass is 9.97. The highest BCUT2D eigenvalue weighted by Crippen LogP contribution is 2.29. The van der Waals surface area contributed by atoms with Gasteiger partial charge in [0.2, 0.25) is 0 Å². The predicted molar refractivity (Wildman–Crippen MR) is 119 cm³/mol. The molecule has 0 aliphatic carbocycles. The van der Waals surface area contributed by atoms with Crippen LogP contribution in [-0.4, -0.2) is 6.61 Å². The maximum Gasteiger partial charge on any atom is 0.119 e. The van der Waals surface area contributed by atoms with E-state index in [-0.39, 0.29) is 0 Å². The first-order valence-corrected chi connectivity index (χ1v) is 10.7. The lowest BCUT2D eigenvalue weighted by Crippen LogP contribution is -1.97. The highest BCUT2D eigenvalue weighted by atomic mass is 16.5. The Kier molecular flexibility index (Phi) is 9.76. The first-order chi connectivity index (χ1) is 13.2. The van der Waals surface area contributed by atoms with Crippen LogP contribution in [0.15, 0.2) is 48.5 Å². The normalized spacial score (nSPS) is 11.2. The van der Waals surface area contributed by atoms with Crippen molar-refractivity contribution in [1.82, 2.24) is 0 Å². The van der Waals surface area contributed by atoms with Crippen molar-refractivity contribution in [3.8, 4) is 16.9 Å². The summed E-state index contributed by atoms with van der Waals surface area (Å²) in [4.78, 5) is 0. The van der Waals surface area contributed by atoms with Crippen molar-refractivity contribution in [1.29, 1.82) is 0 Å². The van der Waals surface area contributed by atoms with Gasteiger partial charge in [-0.05, 0) is 49.1 Å². The third-order valence-electron chi connectivity index (χ3n) is 4.97. The predicted octanol–water partition coefficient (Wildman–Crippen LogP) is 8.21. The quantitative estimate of drug-likeness (QED) is 0.345. The van der Waals surface area contributed by atoms with Gasteiger partial charge in [0, 0.05) is 0 Å². The second-order valence-corrected chi connectivity index (χ2v) is 7.44. The van der Waals surface area contributed by atoms with E-state index in [1.165, 1.54) is 67.2 Å². The lowest BCUT2D eigenvalue weighted by molar-refractivity contribution is 0.304. The third-order valence-corrected chi connectivity index (χ3v) is 4.97. The fourth-order valence-electron chi connectivity index (χ4n) is 3.42. The molecular weight excluding hydrogens is 328 g/mol. The summed E-state index contributed by atoms with van der Waals surface area (Å²) in [5.74, 6) is 0.975. The fraction of sp³-hybridized carbons (Fsp3) is 0.462. The van der Waals surface area contributed by atoms with E-state index in [1.54, 1.807) is 0 Å². The van der Waals surface area contributed by atoms with Crippen molar-refractivity contribution < 1.29 is 4.74 Å². The minimum absolute atomic E-state index is 0.813. The molecule has 0 heterocycles. The Labute approximate surface area is 166 Å². The van der Waals surface area contributed by atoms with Crippen LogP contribution >= 0.6 is 0 Å². The monoisotopic (exact) mass is 364 g/mol. The minimum Gasteiger partial charge on any atom is -0.494 e. The molecule has 0 fully saturated rings. The molecule has 1 heteroatoms. The van der Waals surface area contributed by atoms with Crippen LogP contribution < -0.4 is 4.74 Å². The van der Waals surface area contributed by atoms with Gasteiger partial charge in [-0.3, -0.25) is 0 Å². The molecule has 0 aromatic heterocycles. The number of aryl methyl sites for hydroxylation is 1. The van der Waals surface area contributed by atoms with Crippen LogP contribution in [0.2, 0.25) is 0 Å². The third kappa shape index (κ3) is 7.62. The van der Waals surface area contributed by atoms with E-state index in [4.69, 9.17) is 4.74 Å². The average Bonchev–Trinajstić information content (AvgIpc) is 2.68. The highest BCUT2D eigenvalue weighted by molar-refractivity contribution is 5.76. The van der Waals surface area contributed by atoms with Gasteiger partial charge in [-0.15, -0.1) is 0 Å². The van der Waals surface area contributed by atoms with E-state index >= 15 is 0 Å². The molecule has 0 N–H and O–H groups in total. The molecular formula is C26H36O. The molecule has 2 aromatic rings. The van der Waals surface area contributed by atoms with Crippen LogP contribution in [0.1, 0.15) is 76.3 Å². The molecule has 2 aromatic carbocycles. The molecule has 2 rings (SSSR count). The number of rotatable bonds is 12. The van der Waals surface area contributed by atoms with Crippen molar-refractivity contribution in [2.75, 3.05) is 6.61 Å². The molecule has 146 valence electrons. The largest absolute Gasteiger partial charge is 0.494 e. The summed E-state index contributed by atoms with van der Waals surface area (Å²) in [6.07, 6.45) is 14.9. The maximum absolute atomic E-state index is 6.03. The van der Waals surface area contributed by atoms with Crippen LogP contribution in [-0.2, 0) is 0 Å². The molecule has 0 atom stereocenters. The minimum atomic E-state index is 0.813. The van der Waals surface area contributed by atoms with E-state index in [0.717, 1.165) is 18.8 Å². The van der Waals surface area contributed by atoms with Gasteiger partial charge >= 0.3 is 0 Å². The van der Waals surface area contributed by atoms with E-state index in [2.05, 4.69) is 75.4 Å². The highest BCUT2D eigenvalue weighted by Gasteiger charge is 2.05. The number of hydrogen-bond donors (Lipinski definition) is 0. The molecule has 0 saturated heterocycles. The van der Waals surface area contributed by atoms with E-state index < -0.39 is 0 Å². The van der Waals surface area contributed by atoms with E-state index in [9.17, 15) is 0 Å². The number of unbranched alkanes of at least 4 members (excludes halogenated alkanes) is 7. The zero-order valence-electron chi connectivity index (χ0n) is 17.5. The second-order valence-electron chi connectivity index (χ2n) is 7.44. The maximum atomic E-state index is 6.03. The Hall–Kier alpha value is -2.02. The summed E-state index contributed by atoms with van der Waals surface area (Å²) in [5.41, 5.74) is 5.03. The van der Waals surface area contributed by atoms with Gasteiger partial charge in [0.15, 0.2) is 0 Å². The molecule has 27 heavy (non-hydrogen) atoms. The molecule has 1 nitrogen and oxygen atoms in total. The summed E-state index contributed by atoms with van der Waals surface area (Å²) in [7, 11) is 0. The summed E-state index contributed by atoms with van der Waals surface area (Å²) in [5, 5.41) is 0. The SMILES string of the molecule is C/C=C/c1ccc(C)cc1-c1cccc(OCCCCCCCCCC)c1. The molecule has 0 saturated carbocycles. The zero-order chi connectivity index (χ0) is 19.3. The van der Waals surface area contributed by atoms with Crippen molar-refractivity contribution in [2.24, 2.45) is 0 Å². The fourth-order valence-corrected chi connectivity index (χ4v) is 3.42. The zero-order valence-corrected chi connectivity index (χ0v) is 17.5. The molecule has 0 bridgehead atoms. The van der Waals surface area contributed by atoms with E-state index in [1.807, 2.05) is 0 Å². The van der Waals surface area contributed by atoms with Crippen LogP contribution in [0.25, 0.3) is 17.2 Å². The average molecular weight is 365 g/mol. The molecule has 0 amide bonds. The molecule has 0 unspecified atom stereocenters. The Balaban J connectivity index is 1.85. The Morgan fingerprint density at radius 2 is 1.59 bits per heavy atom. The van der Waals surface area contributed by atoms with Gasteiger partial charge in [0.25, 0.3) is 0 Å². The smallest absolute Gasteiger partial charge is 0.119 e. The number of ether oxygens (including phenoxy) is 1. The van der Waals surface area contributed by atoms with Gasteiger partial charge in [-0.2, -0.15) is 0 Å². The van der Waals surface area contributed by atoms with Crippen LogP contribution in [0.5, 0.6) is 5.75 Å². The van der Waals surface area contributed by atoms with Crippen molar-refractivity contribution in [3.05, 3.63) is 59.7 Å². The summed E-state index contributed by atoms with van der Waals surface area (Å²) in [6.45, 7) is 7.29. The molecule has 0 aliphatic rings. The van der Waals surface area contributed by atoms with Gasteiger partial charge in [-0.1, -0.05) is 99.9 Å². The first-order valence-electron chi connectivity index (χ1n) is 10.7. The molecule has 0 aliphatic heterocycles. The van der Waals surface area contributed by atoms with Gasteiger partial charge in [-0.25, -0.2) is 0 Å². The first kappa shape index (κ1) is 21.3. The number of benzene rings is 2. The summed E-state index contributed by atoms with van der Waals surface area (Å²) >= 11 is 0. The van der Waals surface area contributed by atoms with Crippen molar-refractivity contribution in [3.63, 3.8) is 0 Å². The van der Waals surface area contributed by atoms with Crippen LogP contribution in [0.4, 0.5) is 0 Å². The Morgan fingerprint density at radius 1 is 0.852 bits per heavy atom. The molecule has 0 radical (unpaired) electrons.